The number of benzene rings is 2. The molecule has 0 saturated heterocycles. The van der Waals surface area contributed by atoms with E-state index in [1.165, 1.54) is 0 Å². The van der Waals surface area contributed by atoms with Crippen LogP contribution in [0.4, 0.5) is 0 Å². The first-order valence-electron chi connectivity index (χ1n) is 6.02. The highest BCUT2D eigenvalue weighted by Gasteiger charge is 2.27. The molecule has 0 atom stereocenters. The number of carboxylic acid groups (broad SMARTS) is 1. The molecule has 2 rings (SSSR count). The standard InChI is InChI=1S/C16H15BrO2/c1-16(2,11-6-4-3-5-7-11)14-9-8-12(17)10-13(14)15(18)19/h3-10H,1-2H3,(H,18,19). The van der Waals surface area contributed by atoms with E-state index in [0.717, 1.165) is 15.6 Å². The summed E-state index contributed by atoms with van der Waals surface area (Å²) in [6.07, 6.45) is 0. The lowest BCUT2D eigenvalue weighted by Crippen LogP contribution is -2.22. The minimum atomic E-state index is -0.902. The molecule has 0 bridgehead atoms. The summed E-state index contributed by atoms with van der Waals surface area (Å²) in [5.41, 5.74) is 1.90. The van der Waals surface area contributed by atoms with Crippen LogP contribution in [0.1, 0.15) is 35.3 Å². The van der Waals surface area contributed by atoms with Crippen molar-refractivity contribution in [1.29, 1.82) is 0 Å². The second-order valence-electron chi connectivity index (χ2n) is 4.99. The molecule has 2 aromatic carbocycles. The van der Waals surface area contributed by atoms with Crippen molar-refractivity contribution in [2.75, 3.05) is 0 Å². The second-order valence-corrected chi connectivity index (χ2v) is 5.90. The van der Waals surface area contributed by atoms with Gasteiger partial charge in [0, 0.05) is 9.89 Å². The molecular formula is C16H15BrO2. The molecule has 0 radical (unpaired) electrons. The lowest BCUT2D eigenvalue weighted by atomic mass is 9.76. The van der Waals surface area contributed by atoms with E-state index < -0.39 is 5.97 Å². The fourth-order valence-electron chi connectivity index (χ4n) is 2.25. The van der Waals surface area contributed by atoms with Crippen molar-refractivity contribution < 1.29 is 9.90 Å². The third kappa shape index (κ3) is 2.71. The summed E-state index contributed by atoms with van der Waals surface area (Å²) in [5.74, 6) is -0.902. The van der Waals surface area contributed by atoms with Gasteiger partial charge in [0.05, 0.1) is 5.56 Å². The molecule has 2 aromatic rings. The van der Waals surface area contributed by atoms with E-state index in [1.807, 2.05) is 56.3 Å². The third-order valence-corrected chi connectivity index (χ3v) is 3.87. The van der Waals surface area contributed by atoms with Gasteiger partial charge in [-0.05, 0) is 23.3 Å². The first kappa shape index (κ1) is 13.8. The number of carboxylic acids is 1. The highest BCUT2D eigenvalue weighted by Crippen LogP contribution is 2.34. The van der Waals surface area contributed by atoms with E-state index in [-0.39, 0.29) is 5.41 Å². The number of hydrogen-bond acceptors (Lipinski definition) is 1. The first-order chi connectivity index (χ1) is 8.93. The first-order valence-corrected chi connectivity index (χ1v) is 6.81. The number of hydrogen-bond donors (Lipinski definition) is 1. The zero-order valence-corrected chi connectivity index (χ0v) is 12.4. The van der Waals surface area contributed by atoms with Gasteiger partial charge in [-0.3, -0.25) is 0 Å². The van der Waals surface area contributed by atoms with Crippen LogP contribution >= 0.6 is 15.9 Å². The number of aromatic carboxylic acids is 1. The molecule has 0 aromatic heterocycles. The Morgan fingerprint density at radius 1 is 1.11 bits per heavy atom. The van der Waals surface area contributed by atoms with Gasteiger partial charge in [-0.25, -0.2) is 4.79 Å². The van der Waals surface area contributed by atoms with Gasteiger partial charge in [-0.1, -0.05) is 66.2 Å². The molecule has 2 nitrogen and oxygen atoms in total. The van der Waals surface area contributed by atoms with Crippen molar-refractivity contribution in [3.05, 3.63) is 69.7 Å². The summed E-state index contributed by atoms with van der Waals surface area (Å²) in [5, 5.41) is 9.38. The quantitative estimate of drug-likeness (QED) is 0.906. The van der Waals surface area contributed by atoms with E-state index in [9.17, 15) is 9.90 Å². The van der Waals surface area contributed by atoms with Gasteiger partial charge in [0.1, 0.15) is 0 Å². The largest absolute Gasteiger partial charge is 0.478 e. The van der Waals surface area contributed by atoms with Crippen molar-refractivity contribution in [3.8, 4) is 0 Å². The van der Waals surface area contributed by atoms with Crippen LogP contribution in [-0.4, -0.2) is 11.1 Å². The van der Waals surface area contributed by atoms with Gasteiger partial charge in [0.25, 0.3) is 0 Å². The zero-order chi connectivity index (χ0) is 14.0. The van der Waals surface area contributed by atoms with Crippen LogP contribution in [0.25, 0.3) is 0 Å². The topological polar surface area (TPSA) is 37.3 Å². The monoisotopic (exact) mass is 318 g/mol. The Bertz CT molecular complexity index is 603. The second kappa shape index (κ2) is 5.17. The molecule has 1 N–H and O–H groups in total. The molecule has 98 valence electrons. The minimum Gasteiger partial charge on any atom is -0.478 e. The summed E-state index contributed by atoms with van der Waals surface area (Å²) in [4.78, 5) is 11.4. The van der Waals surface area contributed by atoms with Crippen LogP contribution in [0.3, 0.4) is 0 Å². The van der Waals surface area contributed by atoms with Gasteiger partial charge >= 0.3 is 5.97 Å². The molecule has 0 aliphatic rings. The molecule has 0 fully saturated rings. The molecule has 0 saturated carbocycles. The Kier molecular flexibility index (Phi) is 3.76. The van der Waals surface area contributed by atoms with Crippen molar-refractivity contribution in [2.45, 2.75) is 19.3 Å². The van der Waals surface area contributed by atoms with Crippen molar-refractivity contribution in [2.24, 2.45) is 0 Å². The molecular weight excluding hydrogens is 304 g/mol. The van der Waals surface area contributed by atoms with Crippen LogP contribution in [0, 0.1) is 0 Å². The summed E-state index contributed by atoms with van der Waals surface area (Å²) in [6, 6.07) is 15.3. The van der Waals surface area contributed by atoms with Crippen molar-refractivity contribution in [1.82, 2.24) is 0 Å². The summed E-state index contributed by atoms with van der Waals surface area (Å²) in [7, 11) is 0. The normalized spacial score (nSPS) is 11.3. The maximum atomic E-state index is 11.4. The fraction of sp³-hybridized carbons (Fsp3) is 0.188. The predicted molar refractivity (Wildman–Crippen MR) is 79.7 cm³/mol. The number of halogens is 1. The summed E-state index contributed by atoms with van der Waals surface area (Å²) < 4.78 is 0.775. The maximum Gasteiger partial charge on any atom is 0.336 e. The number of rotatable bonds is 3. The van der Waals surface area contributed by atoms with Crippen LogP contribution in [0.5, 0.6) is 0 Å². The maximum absolute atomic E-state index is 11.4. The third-order valence-electron chi connectivity index (χ3n) is 3.38. The average molecular weight is 319 g/mol. The van der Waals surface area contributed by atoms with Crippen LogP contribution in [-0.2, 0) is 5.41 Å². The minimum absolute atomic E-state index is 0.336. The van der Waals surface area contributed by atoms with E-state index >= 15 is 0 Å². The Morgan fingerprint density at radius 3 is 2.32 bits per heavy atom. The molecule has 0 unspecified atom stereocenters. The summed E-state index contributed by atoms with van der Waals surface area (Å²) >= 11 is 3.32. The summed E-state index contributed by atoms with van der Waals surface area (Å²) in [6.45, 7) is 4.08. The van der Waals surface area contributed by atoms with Crippen molar-refractivity contribution in [3.63, 3.8) is 0 Å². The van der Waals surface area contributed by atoms with Crippen LogP contribution in [0.2, 0.25) is 0 Å². The molecule has 0 heterocycles. The van der Waals surface area contributed by atoms with Gasteiger partial charge in [0.15, 0.2) is 0 Å². The molecule has 0 aliphatic heterocycles. The van der Waals surface area contributed by atoms with Gasteiger partial charge in [-0.15, -0.1) is 0 Å². The lowest BCUT2D eigenvalue weighted by Gasteiger charge is -2.27. The Hall–Kier alpha value is -1.61. The molecule has 0 aliphatic carbocycles. The number of carbonyl (C=O) groups is 1. The van der Waals surface area contributed by atoms with E-state index in [1.54, 1.807) is 6.07 Å². The Morgan fingerprint density at radius 2 is 1.74 bits per heavy atom. The average Bonchev–Trinajstić information content (AvgIpc) is 2.39. The Balaban J connectivity index is 2.61. The van der Waals surface area contributed by atoms with E-state index in [4.69, 9.17) is 0 Å². The highest BCUT2D eigenvalue weighted by atomic mass is 79.9. The van der Waals surface area contributed by atoms with Gasteiger partial charge < -0.3 is 5.11 Å². The SMILES string of the molecule is CC(C)(c1ccccc1)c1ccc(Br)cc1C(=O)O. The van der Waals surface area contributed by atoms with Crippen LogP contribution < -0.4 is 0 Å². The smallest absolute Gasteiger partial charge is 0.336 e. The van der Waals surface area contributed by atoms with E-state index in [2.05, 4.69) is 15.9 Å². The van der Waals surface area contributed by atoms with E-state index in [0.29, 0.717) is 5.56 Å². The zero-order valence-electron chi connectivity index (χ0n) is 10.9. The van der Waals surface area contributed by atoms with Gasteiger partial charge in [0.2, 0.25) is 0 Å². The van der Waals surface area contributed by atoms with Crippen molar-refractivity contribution >= 4 is 21.9 Å². The van der Waals surface area contributed by atoms with Gasteiger partial charge in [-0.2, -0.15) is 0 Å². The Labute approximate surface area is 121 Å². The lowest BCUT2D eigenvalue weighted by molar-refractivity contribution is 0.0694. The molecule has 0 amide bonds. The fourth-order valence-corrected chi connectivity index (χ4v) is 2.61. The predicted octanol–water partition coefficient (Wildman–Crippen LogP) is 4.47. The molecule has 0 spiro atoms. The highest BCUT2D eigenvalue weighted by molar-refractivity contribution is 9.10. The molecule has 19 heavy (non-hydrogen) atoms. The van der Waals surface area contributed by atoms with Crippen LogP contribution in [0.15, 0.2) is 53.0 Å². The molecule has 3 heteroatoms.